The molecule has 0 aliphatic heterocycles. The number of ether oxygens (including phenoxy) is 1. The van der Waals surface area contributed by atoms with Gasteiger partial charge in [0.2, 0.25) is 0 Å². The summed E-state index contributed by atoms with van der Waals surface area (Å²) in [4.78, 5) is 17.4. The molecule has 5 nitrogen and oxygen atoms in total. The number of aryl methyl sites for hydroxylation is 1. The summed E-state index contributed by atoms with van der Waals surface area (Å²) < 4.78 is 7.37. The number of methoxy groups -OCH3 is 1. The van der Waals surface area contributed by atoms with Crippen LogP contribution in [-0.2, 0) is 13.1 Å². The van der Waals surface area contributed by atoms with Crippen molar-refractivity contribution < 1.29 is 9.53 Å². The molecule has 5 heteroatoms. The number of benzene rings is 3. The third-order valence-corrected chi connectivity index (χ3v) is 4.90. The van der Waals surface area contributed by atoms with Gasteiger partial charge in [-0.2, -0.15) is 0 Å². The van der Waals surface area contributed by atoms with E-state index in [1.54, 1.807) is 25.3 Å². The molecule has 0 saturated carbocycles. The van der Waals surface area contributed by atoms with E-state index in [2.05, 4.69) is 47.1 Å². The van der Waals surface area contributed by atoms with E-state index in [4.69, 9.17) is 9.72 Å². The van der Waals surface area contributed by atoms with Crippen LogP contribution >= 0.6 is 0 Å². The first-order valence-corrected chi connectivity index (χ1v) is 9.56. The Morgan fingerprint density at radius 2 is 1.86 bits per heavy atom. The fraction of sp³-hybridized carbons (Fsp3) is 0.167. The molecule has 1 aromatic heterocycles. The van der Waals surface area contributed by atoms with E-state index in [0.717, 1.165) is 16.9 Å². The van der Waals surface area contributed by atoms with Gasteiger partial charge in [-0.05, 0) is 42.8 Å². The molecule has 1 N–H and O–H groups in total. The van der Waals surface area contributed by atoms with E-state index >= 15 is 0 Å². The van der Waals surface area contributed by atoms with Crippen LogP contribution in [-0.4, -0.2) is 22.6 Å². The lowest BCUT2D eigenvalue weighted by molar-refractivity contribution is 0.0949. The van der Waals surface area contributed by atoms with Gasteiger partial charge in [-0.15, -0.1) is 0 Å². The molecular formula is C24H23N3O2. The number of carbonyl (C=O) groups is 1. The molecule has 4 aromatic rings. The van der Waals surface area contributed by atoms with Crippen LogP contribution in [0.2, 0.25) is 0 Å². The van der Waals surface area contributed by atoms with Gasteiger partial charge in [-0.1, -0.05) is 48.0 Å². The fourth-order valence-electron chi connectivity index (χ4n) is 3.46. The highest BCUT2D eigenvalue weighted by Crippen LogP contribution is 2.19. The number of hydrogen-bond acceptors (Lipinski definition) is 3. The minimum absolute atomic E-state index is 0.155. The van der Waals surface area contributed by atoms with Crippen molar-refractivity contribution in [2.24, 2.45) is 0 Å². The zero-order valence-corrected chi connectivity index (χ0v) is 16.6. The van der Waals surface area contributed by atoms with Gasteiger partial charge in [0.15, 0.2) is 0 Å². The summed E-state index contributed by atoms with van der Waals surface area (Å²) in [6.07, 6.45) is 0. The first-order chi connectivity index (χ1) is 14.1. The zero-order valence-electron chi connectivity index (χ0n) is 16.6. The summed E-state index contributed by atoms with van der Waals surface area (Å²) in [6.45, 7) is 3.13. The largest absolute Gasteiger partial charge is 0.497 e. The second-order valence-corrected chi connectivity index (χ2v) is 7.01. The second kappa shape index (κ2) is 8.19. The van der Waals surface area contributed by atoms with Crippen molar-refractivity contribution in [3.8, 4) is 5.75 Å². The maximum absolute atomic E-state index is 12.6. The number of nitrogens with zero attached hydrogens (tertiary/aromatic N) is 2. The summed E-state index contributed by atoms with van der Waals surface area (Å²) >= 11 is 0. The number of para-hydroxylation sites is 2. The number of rotatable bonds is 6. The molecule has 0 aliphatic rings. The summed E-state index contributed by atoms with van der Waals surface area (Å²) in [5.74, 6) is 1.33. The molecule has 1 heterocycles. The number of imidazole rings is 1. The number of hydrogen-bond donors (Lipinski definition) is 1. The zero-order chi connectivity index (χ0) is 20.2. The van der Waals surface area contributed by atoms with Gasteiger partial charge in [0.1, 0.15) is 11.6 Å². The second-order valence-electron chi connectivity index (χ2n) is 7.01. The summed E-state index contributed by atoms with van der Waals surface area (Å²) in [7, 11) is 1.59. The Morgan fingerprint density at radius 3 is 2.69 bits per heavy atom. The van der Waals surface area contributed by atoms with Crippen molar-refractivity contribution in [3.05, 3.63) is 95.3 Å². The Labute approximate surface area is 170 Å². The van der Waals surface area contributed by atoms with Crippen LogP contribution in [0.25, 0.3) is 11.0 Å². The first kappa shape index (κ1) is 18.7. The lowest BCUT2D eigenvalue weighted by Gasteiger charge is -2.11. The van der Waals surface area contributed by atoms with E-state index in [1.807, 2.05) is 24.3 Å². The van der Waals surface area contributed by atoms with Crippen LogP contribution < -0.4 is 10.1 Å². The van der Waals surface area contributed by atoms with Crippen LogP contribution in [0.5, 0.6) is 5.75 Å². The van der Waals surface area contributed by atoms with Gasteiger partial charge < -0.3 is 14.6 Å². The van der Waals surface area contributed by atoms with E-state index in [0.29, 0.717) is 24.4 Å². The molecule has 0 bridgehead atoms. The Bertz CT molecular complexity index is 1160. The predicted molar refractivity (Wildman–Crippen MR) is 114 cm³/mol. The van der Waals surface area contributed by atoms with Gasteiger partial charge in [-0.3, -0.25) is 4.79 Å². The quantitative estimate of drug-likeness (QED) is 0.537. The molecule has 0 saturated heterocycles. The molecular weight excluding hydrogens is 362 g/mol. The van der Waals surface area contributed by atoms with Crippen molar-refractivity contribution in [2.75, 3.05) is 7.11 Å². The number of amides is 1. The molecule has 0 radical (unpaired) electrons. The Morgan fingerprint density at radius 1 is 1.03 bits per heavy atom. The highest BCUT2D eigenvalue weighted by Gasteiger charge is 2.13. The maximum Gasteiger partial charge on any atom is 0.251 e. The lowest BCUT2D eigenvalue weighted by Crippen LogP contribution is -2.25. The number of aromatic nitrogens is 2. The van der Waals surface area contributed by atoms with Crippen molar-refractivity contribution in [2.45, 2.75) is 20.0 Å². The van der Waals surface area contributed by atoms with Gasteiger partial charge in [-0.25, -0.2) is 4.98 Å². The average Bonchev–Trinajstić information content (AvgIpc) is 3.09. The first-order valence-electron chi connectivity index (χ1n) is 9.56. The smallest absolute Gasteiger partial charge is 0.251 e. The molecule has 0 fully saturated rings. The Kier molecular flexibility index (Phi) is 5.29. The maximum atomic E-state index is 12.6. The highest BCUT2D eigenvalue weighted by atomic mass is 16.5. The number of nitrogens with one attached hydrogen (secondary N) is 1. The van der Waals surface area contributed by atoms with Gasteiger partial charge in [0.25, 0.3) is 5.91 Å². The number of carbonyl (C=O) groups excluding carboxylic acids is 1. The van der Waals surface area contributed by atoms with E-state index in [1.165, 1.54) is 11.1 Å². The molecule has 29 heavy (non-hydrogen) atoms. The predicted octanol–water partition coefficient (Wildman–Crippen LogP) is 4.33. The van der Waals surface area contributed by atoms with Crippen molar-refractivity contribution in [3.63, 3.8) is 0 Å². The van der Waals surface area contributed by atoms with E-state index in [9.17, 15) is 4.79 Å². The molecule has 4 rings (SSSR count). The third kappa shape index (κ3) is 4.14. The molecule has 0 unspecified atom stereocenters. The summed E-state index contributed by atoms with van der Waals surface area (Å²) in [6, 6.07) is 23.6. The van der Waals surface area contributed by atoms with Crippen LogP contribution in [0, 0.1) is 6.92 Å². The van der Waals surface area contributed by atoms with Crippen LogP contribution in [0.15, 0.2) is 72.8 Å². The average molecular weight is 385 g/mol. The van der Waals surface area contributed by atoms with Crippen LogP contribution in [0.4, 0.5) is 0 Å². The molecule has 146 valence electrons. The minimum atomic E-state index is -0.155. The summed E-state index contributed by atoms with van der Waals surface area (Å²) in [5.41, 5.74) is 4.96. The van der Waals surface area contributed by atoms with Gasteiger partial charge >= 0.3 is 0 Å². The highest BCUT2D eigenvalue weighted by molar-refractivity contribution is 5.94. The van der Waals surface area contributed by atoms with Gasteiger partial charge in [0.05, 0.1) is 24.7 Å². The lowest BCUT2D eigenvalue weighted by atomic mass is 10.1. The Balaban J connectivity index is 1.60. The summed E-state index contributed by atoms with van der Waals surface area (Å²) in [5, 5.41) is 2.99. The minimum Gasteiger partial charge on any atom is -0.497 e. The van der Waals surface area contributed by atoms with E-state index < -0.39 is 0 Å². The SMILES string of the molecule is COc1cccc(C(=O)NCc2nc3ccccc3n2Cc2cccc(C)c2)c1. The molecule has 3 aromatic carbocycles. The fourth-order valence-corrected chi connectivity index (χ4v) is 3.46. The normalized spacial score (nSPS) is 10.8. The van der Waals surface area contributed by atoms with Crippen LogP contribution in [0.1, 0.15) is 27.3 Å². The van der Waals surface area contributed by atoms with E-state index in [-0.39, 0.29) is 5.91 Å². The van der Waals surface area contributed by atoms with Crippen molar-refractivity contribution >= 4 is 16.9 Å². The number of fused-ring (bicyclic) bond motifs is 1. The molecule has 1 amide bonds. The standard InChI is InChI=1S/C24H23N3O2/c1-17-7-5-8-18(13-17)16-27-22-12-4-3-11-21(22)26-23(27)15-25-24(28)19-9-6-10-20(14-19)29-2/h3-14H,15-16H2,1-2H3,(H,25,28). The van der Waals surface area contributed by atoms with Gasteiger partial charge in [0, 0.05) is 12.1 Å². The topological polar surface area (TPSA) is 56.1 Å². The monoisotopic (exact) mass is 385 g/mol. The Hall–Kier alpha value is -3.60. The molecule has 0 aliphatic carbocycles. The molecule has 0 spiro atoms. The molecule has 0 atom stereocenters. The van der Waals surface area contributed by atoms with Crippen molar-refractivity contribution in [1.29, 1.82) is 0 Å². The third-order valence-electron chi connectivity index (χ3n) is 4.90. The van der Waals surface area contributed by atoms with Crippen molar-refractivity contribution in [1.82, 2.24) is 14.9 Å². The van der Waals surface area contributed by atoms with Crippen LogP contribution in [0.3, 0.4) is 0 Å².